The van der Waals surface area contributed by atoms with Crippen molar-refractivity contribution >= 4 is 17.7 Å². The van der Waals surface area contributed by atoms with Gasteiger partial charge in [0.25, 0.3) is 0 Å². The Hall–Kier alpha value is -2.29. The fourth-order valence-corrected chi connectivity index (χ4v) is 1.62. The highest BCUT2D eigenvalue weighted by Gasteiger charge is 2.11. The van der Waals surface area contributed by atoms with E-state index in [1.165, 1.54) is 24.3 Å². The lowest BCUT2D eigenvalue weighted by Gasteiger charge is -2.03. The summed E-state index contributed by atoms with van der Waals surface area (Å²) in [7, 11) is 0. The van der Waals surface area contributed by atoms with Gasteiger partial charge < -0.3 is 0 Å². The van der Waals surface area contributed by atoms with Crippen LogP contribution >= 0.6 is 0 Å². The van der Waals surface area contributed by atoms with Gasteiger partial charge in [-0.25, -0.2) is 13.2 Å². The molecule has 0 heterocycles. The molecule has 2 aromatic carbocycles. The normalized spacial score (nSPS) is 11.9. The van der Waals surface area contributed by atoms with Crippen LogP contribution in [0.25, 0.3) is 17.7 Å². The molecular formula is C16H11F3. The molecule has 0 atom stereocenters. The third-order valence-electron chi connectivity index (χ3n) is 2.69. The quantitative estimate of drug-likeness (QED) is 0.662. The van der Waals surface area contributed by atoms with Crippen LogP contribution in [0.15, 0.2) is 55.1 Å². The van der Waals surface area contributed by atoms with Crippen LogP contribution in [0.5, 0.6) is 0 Å². The van der Waals surface area contributed by atoms with Crippen LogP contribution in [0.1, 0.15) is 16.7 Å². The maximum absolute atomic E-state index is 13.9. The summed E-state index contributed by atoms with van der Waals surface area (Å²) in [5.41, 5.74) is 0.956. The number of rotatable bonds is 3. The van der Waals surface area contributed by atoms with Crippen LogP contribution in [0.2, 0.25) is 0 Å². The molecule has 2 rings (SSSR count). The molecule has 3 heteroatoms. The molecule has 0 nitrogen and oxygen atoms in total. The van der Waals surface area contributed by atoms with E-state index in [0.717, 1.165) is 17.7 Å². The molecule has 0 bridgehead atoms. The van der Waals surface area contributed by atoms with Gasteiger partial charge in [0.15, 0.2) is 11.7 Å². The van der Waals surface area contributed by atoms with Crippen LogP contribution in [0, 0.1) is 5.82 Å². The van der Waals surface area contributed by atoms with Gasteiger partial charge in [0.2, 0.25) is 0 Å². The van der Waals surface area contributed by atoms with Crippen molar-refractivity contribution in [2.45, 2.75) is 0 Å². The SMILES string of the molecule is C=Cc1ccc(C(F)=C(F)c2ccc(F)cc2)cc1. The van der Waals surface area contributed by atoms with Crippen molar-refractivity contribution in [1.29, 1.82) is 0 Å². The monoisotopic (exact) mass is 260 g/mol. The summed E-state index contributed by atoms with van der Waals surface area (Å²) >= 11 is 0. The number of hydrogen-bond acceptors (Lipinski definition) is 0. The van der Waals surface area contributed by atoms with Crippen molar-refractivity contribution in [3.63, 3.8) is 0 Å². The lowest BCUT2D eigenvalue weighted by molar-refractivity contribution is 0.627. The first-order valence-electron chi connectivity index (χ1n) is 5.66. The summed E-state index contributed by atoms with van der Waals surface area (Å²) in [6, 6.07) is 10.8. The summed E-state index contributed by atoms with van der Waals surface area (Å²) in [6.07, 6.45) is 1.61. The summed E-state index contributed by atoms with van der Waals surface area (Å²) in [4.78, 5) is 0. The first-order chi connectivity index (χ1) is 9.11. The van der Waals surface area contributed by atoms with E-state index < -0.39 is 17.5 Å². The van der Waals surface area contributed by atoms with Gasteiger partial charge in [0.1, 0.15) is 5.82 Å². The van der Waals surface area contributed by atoms with Crippen molar-refractivity contribution in [3.8, 4) is 0 Å². The van der Waals surface area contributed by atoms with E-state index in [1.54, 1.807) is 18.2 Å². The molecule has 0 unspecified atom stereocenters. The molecule has 0 spiro atoms. The minimum Gasteiger partial charge on any atom is -0.207 e. The molecule has 0 saturated heterocycles. The standard InChI is InChI=1S/C16H11F3/c1-2-11-3-5-12(6-4-11)15(18)16(19)13-7-9-14(17)10-8-13/h2-10H,1H2. The Kier molecular flexibility index (Phi) is 3.85. The van der Waals surface area contributed by atoms with Gasteiger partial charge in [0, 0.05) is 11.1 Å². The number of hydrogen-bond donors (Lipinski definition) is 0. The second-order valence-corrected chi connectivity index (χ2v) is 3.96. The average Bonchev–Trinajstić information content (AvgIpc) is 2.46. The van der Waals surface area contributed by atoms with E-state index in [0.29, 0.717) is 0 Å². The summed E-state index contributed by atoms with van der Waals surface area (Å²) in [6.45, 7) is 3.58. The highest BCUT2D eigenvalue weighted by atomic mass is 19.2. The predicted molar refractivity (Wildman–Crippen MR) is 72.0 cm³/mol. The highest BCUT2D eigenvalue weighted by Crippen LogP contribution is 2.28. The maximum atomic E-state index is 13.9. The molecule has 0 radical (unpaired) electrons. The van der Waals surface area contributed by atoms with Gasteiger partial charge in [0.05, 0.1) is 0 Å². The van der Waals surface area contributed by atoms with E-state index in [9.17, 15) is 13.2 Å². The third kappa shape index (κ3) is 2.94. The van der Waals surface area contributed by atoms with Crippen LogP contribution in [-0.2, 0) is 0 Å². The smallest absolute Gasteiger partial charge is 0.166 e. The largest absolute Gasteiger partial charge is 0.207 e. The molecule has 19 heavy (non-hydrogen) atoms. The number of benzene rings is 2. The van der Waals surface area contributed by atoms with Crippen molar-refractivity contribution in [2.24, 2.45) is 0 Å². The van der Waals surface area contributed by atoms with Gasteiger partial charge in [-0.2, -0.15) is 0 Å². The fourth-order valence-electron chi connectivity index (χ4n) is 1.62. The summed E-state index contributed by atoms with van der Waals surface area (Å²) in [5, 5.41) is 0. The van der Waals surface area contributed by atoms with Gasteiger partial charge in [-0.1, -0.05) is 36.9 Å². The maximum Gasteiger partial charge on any atom is 0.166 e. The Labute approximate surface area is 109 Å². The van der Waals surface area contributed by atoms with Crippen LogP contribution < -0.4 is 0 Å². The molecule has 2 aromatic rings. The lowest BCUT2D eigenvalue weighted by Crippen LogP contribution is -1.85. The average molecular weight is 260 g/mol. The summed E-state index contributed by atoms with van der Waals surface area (Å²) < 4.78 is 40.5. The highest BCUT2D eigenvalue weighted by molar-refractivity contribution is 5.83. The van der Waals surface area contributed by atoms with E-state index in [1.807, 2.05) is 0 Å². The second-order valence-electron chi connectivity index (χ2n) is 3.96. The van der Waals surface area contributed by atoms with Gasteiger partial charge in [-0.05, 0) is 29.8 Å². The van der Waals surface area contributed by atoms with Crippen LogP contribution in [-0.4, -0.2) is 0 Å². The fraction of sp³-hybridized carbons (Fsp3) is 0. The first-order valence-corrected chi connectivity index (χ1v) is 5.66. The van der Waals surface area contributed by atoms with E-state index >= 15 is 0 Å². The molecule has 0 aliphatic heterocycles. The molecule has 0 N–H and O–H groups in total. The Morgan fingerprint density at radius 1 is 0.789 bits per heavy atom. The second kappa shape index (κ2) is 5.57. The van der Waals surface area contributed by atoms with Crippen LogP contribution in [0.4, 0.5) is 13.2 Å². The minimum absolute atomic E-state index is 0.00620. The Morgan fingerprint density at radius 3 is 1.63 bits per heavy atom. The molecule has 0 saturated carbocycles. The Balaban J connectivity index is 2.38. The van der Waals surface area contributed by atoms with Gasteiger partial charge in [-0.3, -0.25) is 0 Å². The molecule has 0 aromatic heterocycles. The molecule has 96 valence electrons. The molecule has 0 amide bonds. The molecule has 0 fully saturated rings. The zero-order valence-electron chi connectivity index (χ0n) is 10.0. The topological polar surface area (TPSA) is 0 Å². The van der Waals surface area contributed by atoms with Crippen molar-refractivity contribution in [1.82, 2.24) is 0 Å². The first kappa shape index (κ1) is 13.1. The van der Waals surface area contributed by atoms with Crippen molar-refractivity contribution in [3.05, 3.63) is 77.6 Å². The van der Waals surface area contributed by atoms with E-state index in [4.69, 9.17) is 0 Å². The van der Waals surface area contributed by atoms with Crippen molar-refractivity contribution in [2.75, 3.05) is 0 Å². The minimum atomic E-state index is -1.01. The zero-order chi connectivity index (χ0) is 13.8. The Morgan fingerprint density at radius 2 is 1.21 bits per heavy atom. The molecular weight excluding hydrogens is 249 g/mol. The van der Waals surface area contributed by atoms with Crippen molar-refractivity contribution < 1.29 is 13.2 Å². The summed E-state index contributed by atoms with van der Waals surface area (Å²) in [5.74, 6) is -2.47. The van der Waals surface area contributed by atoms with E-state index in [2.05, 4.69) is 6.58 Å². The molecule has 0 aliphatic carbocycles. The van der Waals surface area contributed by atoms with E-state index in [-0.39, 0.29) is 11.1 Å². The third-order valence-corrected chi connectivity index (χ3v) is 2.69. The molecule has 0 aliphatic rings. The van der Waals surface area contributed by atoms with Gasteiger partial charge in [-0.15, -0.1) is 0 Å². The predicted octanol–water partition coefficient (Wildman–Crippen LogP) is 5.23. The Bertz CT molecular complexity index is 607. The number of halogens is 3. The lowest BCUT2D eigenvalue weighted by atomic mass is 10.1. The van der Waals surface area contributed by atoms with Gasteiger partial charge >= 0.3 is 0 Å². The van der Waals surface area contributed by atoms with Crippen LogP contribution in [0.3, 0.4) is 0 Å². The zero-order valence-corrected chi connectivity index (χ0v) is 10.0.